The van der Waals surface area contributed by atoms with E-state index in [1.165, 1.54) is 34.9 Å². The van der Waals surface area contributed by atoms with Gasteiger partial charge in [0.25, 0.3) is 5.56 Å². The third-order valence-electron chi connectivity index (χ3n) is 5.20. The Morgan fingerprint density at radius 3 is 2.26 bits per heavy atom. The summed E-state index contributed by atoms with van der Waals surface area (Å²) < 4.78 is 21.3. The van der Waals surface area contributed by atoms with Gasteiger partial charge in [-0.2, -0.15) is 0 Å². The minimum atomic E-state index is -0.754. The highest BCUT2D eigenvalue weighted by Crippen LogP contribution is 2.37. The van der Waals surface area contributed by atoms with E-state index in [1.807, 2.05) is 18.2 Å². The number of aromatic nitrogens is 1. The van der Waals surface area contributed by atoms with E-state index in [0.29, 0.717) is 21.8 Å². The van der Waals surface area contributed by atoms with Crippen molar-refractivity contribution in [1.82, 2.24) is 4.57 Å². The van der Waals surface area contributed by atoms with Gasteiger partial charge in [0.05, 0.1) is 5.69 Å². The molecule has 1 N–H and O–H groups in total. The lowest BCUT2D eigenvalue weighted by molar-refractivity contribution is 0.446. The summed E-state index contributed by atoms with van der Waals surface area (Å²) in [5.74, 6) is -0.902. The first-order valence-corrected chi connectivity index (χ1v) is 11.7. The third kappa shape index (κ3) is 4.06. The second kappa shape index (κ2) is 8.96. The molecule has 0 amide bonds. The van der Waals surface area contributed by atoms with Crippen LogP contribution in [0.2, 0.25) is 0 Å². The van der Waals surface area contributed by atoms with Crippen molar-refractivity contribution < 1.29 is 13.9 Å². The Kier molecular flexibility index (Phi) is 5.85. The van der Waals surface area contributed by atoms with Crippen molar-refractivity contribution in [3.05, 3.63) is 116 Å². The van der Waals surface area contributed by atoms with Crippen molar-refractivity contribution in [2.45, 2.75) is 9.79 Å². The van der Waals surface area contributed by atoms with Crippen LogP contribution < -0.4 is 11.2 Å². The number of hydrogen-bond donors (Lipinski definition) is 1. The van der Waals surface area contributed by atoms with Gasteiger partial charge < -0.3 is 9.52 Å². The van der Waals surface area contributed by atoms with Crippen LogP contribution in [0, 0.1) is 5.82 Å². The Hall–Kier alpha value is -3.62. The molecule has 5 rings (SSSR count). The second-order valence-corrected chi connectivity index (χ2v) is 9.37. The number of hydrogen-bond acceptors (Lipinski definition) is 5. The molecule has 0 atom stereocenters. The van der Waals surface area contributed by atoms with Crippen LogP contribution in [0.1, 0.15) is 0 Å². The largest absolute Gasteiger partial charge is 0.505 e. The number of halogens is 2. The lowest BCUT2D eigenvalue weighted by Gasteiger charge is -2.15. The third-order valence-corrected chi connectivity index (χ3v) is 6.80. The number of benzene rings is 3. The summed E-state index contributed by atoms with van der Waals surface area (Å²) in [6, 6.07) is 23.2. The average Bonchev–Trinajstić information content (AvgIpc) is 2.84. The predicted molar refractivity (Wildman–Crippen MR) is 133 cm³/mol. The van der Waals surface area contributed by atoms with Crippen LogP contribution in [0.5, 0.6) is 5.75 Å². The SMILES string of the molecule is O=c1oc2cc(-c3ccccc3)n(-c3ccc(F)cc3)c(=O)c2c(O)c1Sc1ccc(Br)cc1. The summed E-state index contributed by atoms with van der Waals surface area (Å²) in [6.45, 7) is 0. The maximum Gasteiger partial charge on any atom is 0.354 e. The zero-order valence-corrected chi connectivity index (χ0v) is 19.8. The molecule has 3 aromatic carbocycles. The van der Waals surface area contributed by atoms with Gasteiger partial charge in [0.1, 0.15) is 21.7 Å². The number of rotatable bonds is 4. The van der Waals surface area contributed by atoms with E-state index in [4.69, 9.17) is 4.42 Å². The van der Waals surface area contributed by atoms with E-state index < -0.39 is 22.8 Å². The van der Waals surface area contributed by atoms with Crippen LogP contribution in [0.25, 0.3) is 27.9 Å². The van der Waals surface area contributed by atoms with Crippen LogP contribution in [-0.2, 0) is 0 Å². The van der Waals surface area contributed by atoms with Gasteiger partial charge in [-0.3, -0.25) is 9.36 Å². The number of aromatic hydroxyl groups is 1. The first-order chi connectivity index (χ1) is 16.4. The van der Waals surface area contributed by atoms with Crippen molar-refractivity contribution in [3.63, 3.8) is 0 Å². The molecule has 5 aromatic rings. The summed E-state index contributed by atoms with van der Waals surface area (Å²) in [7, 11) is 0. The van der Waals surface area contributed by atoms with Crippen molar-refractivity contribution in [2.75, 3.05) is 0 Å². The molecular weight excluding hydrogens is 521 g/mol. The summed E-state index contributed by atoms with van der Waals surface area (Å²) in [5.41, 5.74) is 0.129. The zero-order valence-electron chi connectivity index (χ0n) is 17.4. The fraction of sp³-hybridized carbons (Fsp3) is 0. The lowest BCUT2D eigenvalue weighted by atomic mass is 10.1. The summed E-state index contributed by atoms with van der Waals surface area (Å²) in [5, 5.41) is 10.9. The van der Waals surface area contributed by atoms with Gasteiger partial charge in [-0.1, -0.05) is 58.0 Å². The van der Waals surface area contributed by atoms with Gasteiger partial charge in [-0.15, -0.1) is 0 Å². The van der Waals surface area contributed by atoms with Crippen molar-refractivity contribution >= 4 is 38.7 Å². The number of pyridine rings is 1. The van der Waals surface area contributed by atoms with Crippen LogP contribution in [0.15, 0.2) is 113 Å². The fourth-order valence-electron chi connectivity index (χ4n) is 3.62. The smallest absolute Gasteiger partial charge is 0.354 e. The van der Waals surface area contributed by atoms with Gasteiger partial charge in [-0.05, 0) is 54.1 Å². The van der Waals surface area contributed by atoms with Gasteiger partial charge in [0.15, 0.2) is 5.75 Å². The van der Waals surface area contributed by atoms with Crippen LogP contribution in [0.4, 0.5) is 4.39 Å². The van der Waals surface area contributed by atoms with Crippen molar-refractivity contribution in [1.29, 1.82) is 0 Å². The monoisotopic (exact) mass is 535 g/mol. The molecule has 0 unspecified atom stereocenters. The Morgan fingerprint density at radius 1 is 0.912 bits per heavy atom. The van der Waals surface area contributed by atoms with E-state index in [2.05, 4.69) is 15.9 Å². The normalized spacial score (nSPS) is 11.1. The first-order valence-electron chi connectivity index (χ1n) is 10.1. The van der Waals surface area contributed by atoms with E-state index >= 15 is 0 Å². The molecule has 0 saturated carbocycles. The Labute approximate surface area is 205 Å². The van der Waals surface area contributed by atoms with Crippen molar-refractivity contribution in [2.24, 2.45) is 0 Å². The van der Waals surface area contributed by atoms with Gasteiger partial charge in [-0.25, -0.2) is 9.18 Å². The fourth-order valence-corrected chi connectivity index (χ4v) is 4.72. The highest BCUT2D eigenvalue weighted by Gasteiger charge is 2.22. The molecule has 34 heavy (non-hydrogen) atoms. The molecule has 2 aromatic heterocycles. The molecule has 0 radical (unpaired) electrons. The molecule has 2 heterocycles. The summed E-state index contributed by atoms with van der Waals surface area (Å²) in [6.07, 6.45) is 0. The van der Waals surface area contributed by atoms with E-state index in [1.54, 1.807) is 36.4 Å². The highest BCUT2D eigenvalue weighted by molar-refractivity contribution is 9.10. The van der Waals surface area contributed by atoms with Crippen LogP contribution >= 0.6 is 27.7 Å². The van der Waals surface area contributed by atoms with Gasteiger partial charge >= 0.3 is 5.63 Å². The summed E-state index contributed by atoms with van der Waals surface area (Å²) >= 11 is 4.36. The molecule has 0 aliphatic heterocycles. The molecule has 0 fully saturated rings. The predicted octanol–water partition coefficient (Wildman–Crippen LogP) is 6.37. The zero-order chi connectivity index (χ0) is 23.8. The van der Waals surface area contributed by atoms with E-state index in [9.17, 15) is 19.1 Å². The molecule has 0 saturated heterocycles. The maximum absolute atomic E-state index is 13.7. The molecular formula is C26H15BrFNO4S. The lowest BCUT2D eigenvalue weighted by Crippen LogP contribution is -2.21. The topological polar surface area (TPSA) is 72.4 Å². The molecule has 5 nitrogen and oxygen atoms in total. The summed E-state index contributed by atoms with van der Waals surface area (Å²) in [4.78, 5) is 27.1. The maximum atomic E-state index is 13.7. The standard InChI is InChI=1S/C26H15BrFNO4S/c27-16-6-12-19(13-7-16)34-24-23(30)22-21(33-26(24)32)14-20(15-4-2-1-3-5-15)29(25(22)31)18-10-8-17(28)9-11-18/h1-14,30H. The molecule has 0 spiro atoms. The first kappa shape index (κ1) is 22.2. The van der Waals surface area contributed by atoms with Crippen LogP contribution in [-0.4, -0.2) is 9.67 Å². The van der Waals surface area contributed by atoms with E-state index in [0.717, 1.165) is 16.2 Å². The van der Waals surface area contributed by atoms with Gasteiger partial charge in [0, 0.05) is 21.1 Å². The van der Waals surface area contributed by atoms with E-state index in [-0.39, 0.29) is 15.9 Å². The molecule has 0 aliphatic rings. The van der Waals surface area contributed by atoms with Crippen molar-refractivity contribution in [3.8, 4) is 22.7 Å². The Morgan fingerprint density at radius 2 is 1.59 bits per heavy atom. The minimum absolute atomic E-state index is 0.0372. The number of fused-ring (bicyclic) bond motifs is 1. The molecule has 168 valence electrons. The highest BCUT2D eigenvalue weighted by atomic mass is 79.9. The second-order valence-electron chi connectivity index (χ2n) is 7.38. The quantitative estimate of drug-likeness (QED) is 0.289. The molecule has 0 bridgehead atoms. The molecule has 0 aliphatic carbocycles. The minimum Gasteiger partial charge on any atom is -0.505 e. The Balaban J connectivity index is 1.80. The van der Waals surface area contributed by atoms with Crippen LogP contribution in [0.3, 0.4) is 0 Å². The average molecular weight is 536 g/mol. The molecule has 8 heteroatoms. The number of nitrogens with zero attached hydrogens (tertiary/aromatic N) is 1. The Bertz CT molecular complexity index is 1630. The van der Waals surface area contributed by atoms with Gasteiger partial charge in [0.2, 0.25) is 0 Å².